The molecule has 1 aromatic heterocycles. The molecular formula is C19H20N4O3S. The normalized spacial score (nSPS) is 15.4. The molecule has 0 saturated carbocycles. The first-order valence-corrected chi connectivity index (χ1v) is 10.1. The van der Waals surface area contributed by atoms with E-state index in [-0.39, 0.29) is 6.04 Å². The molecule has 0 aliphatic carbocycles. The average Bonchev–Trinajstić information content (AvgIpc) is 3.08. The van der Waals surface area contributed by atoms with Crippen LogP contribution >= 0.6 is 0 Å². The number of benzene rings is 2. The Morgan fingerprint density at radius 3 is 2.63 bits per heavy atom. The maximum atomic E-state index is 12.7. The van der Waals surface area contributed by atoms with Gasteiger partial charge in [0, 0.05) is 13.1 Å². The summed E-state index contributed by atoms with van der Waals surface area (Å²) >= 11 is 0. The number of hydrogen-bond donors (Lipinski definition) is 0. The van der Waals surface area contributed by atoms with Crippen molar-refractivity contribution in [1.82, 2.24) is 19.3 Å². The maximum absolute atomic E-state index is 12.7. The molecule has 4 rings (SSSR count). The molecule has 8 heteroatoms. The molecule has 0 N–H and O–H groups in total. The van der Waals surface area contributed by atoms with Gasteiger partial charge >= 0.3 is 0 Å². The van der Waals surface area contributed by atoms with Crippen LogP contribution in [0.2, 0.25) is 0 Å². The molecule has 27 heavy (non-hydrogen) atoms. The van der Waals surface area contributed by atoms with Gasteiger partial charge in [0.2, 0.25) is 10.0 Å². The molecule has 0 radical (unpaired) electrons. The van der Waals surface area contributed by atoms with Crippen LogP contribution in [0.1, 0.15) is 17.3 Å². The van der Waals surface area contributed by atoms with Crippen molar-refractivity contribution in [2.75, 3.05) is 13.1 Å². The van der Waals surface area contributed by atoms with Gasteiger partial charge in [0.15, 0.2) is 0 Å². The Morgan fingerprint density at radius 2 is 1.89 bits per heavy atom. The second kappa shape index (κ2) is 7.13. The van der Waals surface area contributed by atoms with Gasteiger partial charge in [0.25, 0.3) is 0 Å². The zero-order valence-corrected chi connectivity index (χ0v) is 15.7. The summed E-state index contributed by atoms with van der Waals surface area (Å²) in [5.74, 6) is 0.770. The van der Waals surface area contributed by atoms with E-state index in [1.807, 2.05) is 49.5 Å². The zero-order chi connectivity index (χ0) is 18.9. The van der Waals surface area contributed by atoms with Gasteiger partial charge in [-0.05, 0) is 36.8 Å². The minimum Gasteiger partial charge on any atom is -0.487 e. The number of sulfonamides is 1. The molecule has 3 aromatic rings. The minimum atomic E-state index is -3.46. The monoisotopic (exact) mass is 384 g/mol. The van der Waals surface area contributed by atoms with Crippen LogP contribution in [-0.4, -0.2) is 40.8 Å². The Morgan fingerprint density at radius 1 is 1.11 bits per heavy atom. The molecule has 0 bridgehead atoms. The highest BCUT2D eigenvalue weighted by atomic mass is 32.2. The van der Waals surface area contributed by atoms with Crippen LogP contribution < -0.4 is 4.74 Å². The lowest BCUT2D eigenvalue weighted by Crippen LogP contribution is -2.50. The van der Waals surface area contributed by atoms with Gasteiger partial charge in [-0.1, -0.05) is 35.5 Å². The number of nitrogens with zero attached hydrogens (tertiary/aromatic N) is 4. The van der Waals surface area contributed by atoms with Gasteiger partial charge in [-0.2, -0.15) is 4.31 Å². The summed E-state index contributed by atoms with van der Waals surface area (Å²) in [6, 6.07) is 16.4. The lowest BCUT2D eigenvalue weighted by Gasteiger charge is -2.37. The third-order valence-electron chi connectivity index (χ3n) is 4.52. The molecule has 0 unspecified atom stereocenters. The largest absolute Gasteiger partial charge is 0.487 e. The van der Waals surface area contributed by atoms with E-state index in [0.717, 1.165) is 11.3 Å². The van der Waals surface area contributed by atoms with Crippen molar-refractivity contribution >= 4 is 10.0 Å². The van der Waals surface area contributed by atoms with Crippen LogP contribution in [0.15, 0.2) is 65.7 Å². The number of ether oxygens (including phenoxy) is 1. The average molecular weight is 384 g/mol. The lowest BCUT2D eigenvalue weighted by atomic mass is 10.2. The molecule has 2 heterocycles. The Hall–Kier alpha value is -2.71. The van der Waals surface area contributed by atoms with Crippen LogP contribution in [0, 0.1) is 6.92 Å². The van der Waals surface area contributed by atoms with Crippen molar-refractivity contribution in [3.05, 3.63) is 72.1 Å². The smallest absolute Gasteiger partial charge is 0.243 e. The van der Waals surface area contributed by atoms with E-state index in [1.54, 1.807) is 22.9 Å². The van der Waals surface area contributed by atoms with E-state index in [2.05, 4.69) is 10.3 Å². The Kier molecular flexibility index (Phi) is 4.67. The molecule has 2 aromatic carbocycles. The van der Waals surface area contributed by atoms with Crippen molar-refractivity contribution < 1.29 is 13.2 Å². The summed E-state index contributed by atoms with van der Waals surface area (Å²) in [5.41, 5.74) is 1.63. The summed E-state index contributed by atoms with van der Waals surface area (Å²) in [5, 5.41) is 8.23. The van der Waals surface area contributed by atoms with E-state index in [9.17, 15) is 8.42 Å². The van der Waals surface area contributed by atoms with Crippen LogP contribution in [-0.2, 0) is 16.6 Å². The van der Waals surface area contributed by atoms with Crippen molar-refractivity contribution in [3.63, 3.8) is 0 Å². The number of aryl methyl sites for hydroxylation is 1. The predicted octanol–water partition coefficient (Wildman–Crippen LogP) is 2.41. The summed E-state index contributed by atoms with van der Waals surface area (Å²) in [6.45, 7) is 2.98. The van der Waals surface area contributed by atoms with Gasteiger partial charge in [0.05, 0.1) is 17.1 Å². The molecule has 1 saturated heterocycles. The van der Waals surface area contributed by atoms with Crippen molar-refractivity contribution in [1.29, 1.82) is 0 Å². The molecule has 0 amide bonds. The van der Waals surface area contributed by atoms with Gasteiger partial charge < -0.3 is 4.74 Å². The van der Waals surface area contributed by atoms with E-state index >= 15 is 0 Å². The molecule has 0 atom stereocenters. The second-order valence-electron chi connectivity index (χ2n) is 6.58. The lowest BCUT2D eigenvalue weighted by molar-refractivity contribution is 0.188. The van der Waals surface area contributed by atoms with E-state index in [0.29, 0.717) is 30.3 Å². The second-order valence-corrected chi connectivity index (χ2v) is 8.52. The number of rotatable bonds is 6. The standard InChI is InChI=1S/C19H20N4O3S/c1-15-6-5-9-19(10-15)27(24,25)22-12-17(13-22)23-11-16(20-21-23)14-26-18-7-3-2-4-8-18/h2-11,17H,12-14H2,1H3. The highest BCUT2D eigenvalue weighted by Crippen LogP contribution is 2.28. The minimum absolute atomic E-state index is 0.0115. The van der Waals surface area contributed by atoms with Gasteiger partial charge in [-0.15, -0.1) is 5.10 Å². The molecule has 140 valence electrons. The highest BCUT2D eigenvalue weighted by molar-refractivity contribution is 7.89. The number of aromatic nitrogens is 3. The van der Waals surface area contributed by atoms with Crippen LogP contribution in [0.3, 0.4) is 0 Å². The highest BCUT2D eigenvalue weighted by Gasteiger charge is 2.38. The first-order chi connectivity index (χ1) is 13.0. The number of hydrogen-bond acceptors (Lipinski definition) is 5. The summed E-state index contributed by atoms with van der Waals surface area (Å²) in [4.78, 5) is 0.330. The third kappa shape index (κ3) is 3.72. The van der Waals surface area contributed by atoms with Gasteiger partial charge in [-0.25, -0.2) is 13.1 Å². The van der Waals surface area contributed by atoms with Gasteiger partial charge in [-0.3, -0.25) is 0 Å². The van der Waals surface area contributed by atoms with Crippen molar-refractivity contribution in [3.8, 4) is 5.75 Å². The van der Waals surface area contributed by atoms with Crippen LogP contribution in [0.5, 0.6) is 5.75 Å². The molecule has 1 aliphatic rings. The summed E-state index contributed by atoms with van der Waals surface area (Å²) in [6.07, 6.45) is 1.81. The SMILES string of the molecule is Cc1cccc(S(=O)(=O)N2CC(n3cc(COc4ccccc4)nn3)C2)c1. The third-order valence-corrected chi connectivity index (χ3v) is 6.35. The van der Waals surface area contributed by atoms with Crippen LogP contribution in [0.25, 0.3) is 0 Å². The van der Waals surface area contributed by atoms with E-state index in [1.165, 1.54) is 4.31 Å². The Labute approximate surface area is 158 Å². The van der Waals surface area contributed by atoms with Crippen LogP contribution in [0.4, 0.5) is 0 Å². The number of para-hydroxylation sites is 1. The van der Waals surface area contributed by atoms with E-state index in [4.69, 9.17) is 4.74 Å². The zero-order valence-electron chi connectivity index (χ0n) is 14.9. The fourth-order valence-corrected chi connectivity index (χ4v) is 4.56. The van der Waals surface area contributed by atoms with E-state index < -0.39 is 10.0 Å². The summed E-state index contributed by atoms with van der Waals surface area (Å²) in [7, 11) is -3.46. The summed E-state index contributed by atoms with van der Waals surface area (Å²) < 4.78 is 34.2. The van der Waals surface area contributed by atoms with Gasteiger partial charge in [0.1, 0.15) is 18.1 Å². The first-order valence-electron chi connectivity index (χ1n) is 8.68. The molecule has 1 fully saturated rings. The molecule has 7 nitrogen and oxygen atoms in total. The molecular weight excluding hydrogens is 364 g/mol. The Balaban J connectivity index is 1.36. The maximum Gasteiger partial charge on any atom is 0.243 e. The molecule has 0 spiro atoms. The quantitative estimate of drug-likeness (QED) is 0.652. The Bertz CT molecular complexity index is 1030. The van der Waals surface area contributed by atoms with Crippen molar-refractivity contribution in [2.45, 2.75) is 24.5 Å². The first kappa shape index (κ1) is 17.7. The fraction of sp³-hybridized carbons (Fsp3) is 0.263. The topological polar surface area (TPSA) is 77.3 Å². The fourth-order valence-electron chi connectivity index (χ4n) is 2.94. The van der Waals surface area contributed by atoms with Crippen molar-refractivity contribution in [2.24, 2.45) is 0 Å². The predicted molar refractivity (Wildman–Crippen MR) is 99.8 cm³/mol. The molecule has 1 aliphatic heterocycles.